The first-order valence-electron chi connectivity index (χ1n) is 15.7. The number of fused-ring (bicyclic) bond motifs is 1. The molecule has 0 unspecified atom stereocenters. The number of ether oxygens (including phenoxy) is 4. The molecule has 4 aromatic rings. The van der Waals surface area contributed by atoms with E-state index in [4.69, 9.17) is 37.4 Å². The summed E-state index contributed by atoms with van der Waals surface area (Å²) in [5, 5.41) is 12.5. The number of hydrogen-bond donors (Lipinski definition) is 1. The molecule has 0 spiro atoms. The van der Waals surface area contributed by atoms with Crippen molar-refractivity contribution in [2.45, 2.75) is 64.9 Å². The minimum absolute atomic E-state index is 0.0235. The average molecular weight is 771 g/mol. The Balaban J connectivity index is 1.36. The Labute approximate surface area is 302 Å². The summed E-state index contributed by atoms with van der Waals surface area (Å²) in [7, 11) is -4.08. The number of nitrogens with one attached hydrogen (secondary N) is 1. The normalized spacial score (nSPS) is 14.0. The van der Waals surface area contributed by atoms with Crippen LogP contribution in [0.4, 0.5) is 14.5 Å². The predicted molar refractivity (Wildman–Crippen MR) is 184 cm³/mol. The summed E-state index contributed by atoms with van der Waals surface area (Å²) in [4.78, 5) is 25.5. The van der Waals surface area contributed by atoms with Crippen LogP contribution >= 0.6 is 23.2 Å². The van der Waals surface area contributed by atoms with Gasteiger partial charge in [0.1, 0.15) is 28.3 Å². The Bertz CT molecular complexity index is 2010. The number of hydrogen-bond acceptors (Lipinski definition) is 9. The number of alkyl halides is 2. The van der Waals surface area contributed by atoms with Crippen molar-refractivity contribution in [3.05, 3.63) is 87.4 Å². The van der Waals surface area contributed by atoms with Crippen molar-refractivity contribution in [3.63, 3.8) is 0 Å². The lowest BCUT2D eigenvalue weighted by atomic mass is 10.0. The zero-order valence-corrected chi connectivity index (χ0v) is 30.1. The van der Waals surface area contributed by atoms with Gasteiger partial charge in [0.2, 0.25) is 10.0 Å². The van der Waals surface area contributed by atoms with E-state index in [0.29, 0.717) is 39.3 Å². The SMILES string of the molecule is CC(C)(C)OC(=O)CS(=O)(=O)Nc1ccc2c(ccn2CC(=O)O[C@@H](Cc2c(Cl)c[n+]([O-])cc2Cl)c2ccc(OC(F)F)c(OCC3CC3)c2)c1. The van der Waals surface area contributed by atoms with E-state index in [0.717, 1.165) is 25.2 Å². The van der Waals surface area contributed by atoms with Crippen LogP contribution in [0.15, 0.2) is 61.1 Å². The average Bonchev–Trinajstić information content (AvgIpc) is 3.75. The fourth-order valence-electron chi connectivity index (χ4n) is 5.14. The van der Waals surface area contributed by atoms with Crippen LogP contribution in [-0.4, -0.2) is 49.5 Å². The van der Waals surface area contributed by atoms with Crippen molar-refractivity contribution in [2.75, 3.05) is 17.1 Å². The maximum Gasteiger partial charge on any atom is 0.387 e. The third kappa shape index (κ3) is 10.8. The van der Waals surface area contributed by atoms with E-state index in [1.165, 1.54) is 24.3 Å². The lowest BCUT2D eigenvalue weighted by molar-refractivity contribution is -0.605. The number of pyridine rings is 1. The van der Waals surface area contributed by atoms with Crippen LogP contribution in [0.25, 0.3) is 10.9 Å². The van der Waals surface area contributed by atoms with E-state index < -0.39 is 46.0 Å². The molecule has 0 amide bonds. The maximum atomic E-state index is 13.5. The molecule has 17 heteroatoms. The summed E-state index contributed by atoms with van der Waals surface area (Å²) in [5.74, 6) is -2.32. The number of halogens is 4. The molecule has 274 valence electrons. The number of benzene rings is 2. The molecule has 2 aromatic carbocycles. The minimum atomic E-state index is -4.08. The second-order valence-corrected chi connectivity index (χ2v) is 15.5. The molecule has 1 N–H and O–H groups in total. The quantitative estimate of drug-likeness (QED) is 0.0804. The molecule has 1 fully saturated rings. The lowest BCUT2D eigenvalue weighted by Gasteiger charge is -2.22. The molecule has 51 heavy (non-hydrogen) atoms. The fraction of sp³-hybridized carbons (Fsp3) is 0.382. The minimum Gasteiger partial charge on any atom is -0.619 e. The number of rotatable bonds is 15. The highest BCUT2D eigenvalue weighted by atomic mass is 35.5. The van der Waals surface area contributed by atoms with Gasteiger partial charge in [0.05, 0.1) is 6.61 Å². The number of anilines is 1. The molecule has 1 saturated carbocycles. The van der Waals surface area contributed by atoms with Gasteiger partial charge in [0.25, 0.3) is 0 Å². The number of sulfonamides is 1. The zero-order valence-electron chi connectivity index (χ0n) is 27.7. The summed E-state index contributed by atoms with van der Waals surface area (Å²) >= 11 is 12.7. The third-order valence-corrected chi connectivity index (χ3v) is 9.33. The van der Waals surface area contributed by atoms with Crippen LogP contribution in [0, 0.1) is 11.1 Å². The first kappa shape index (κ1) is 37.9. The van der Waals surface area contributed by atoms with Crippen molar-refractivity contribution < 1.29 is 50.5 Å². The molecule has 0 aliphatic heterocycles. The zero-order chi connectivity index (χ0) is 37.1. The predicted octanol–water partition coefficient (Wildman–Crippen LogP) is 6.58. The first-order chi connectivity index (χ1) is 23.9. The highest BCUT2D eigenvalue weighted by molar-refractivity contribution is 7.93. The molecule has 1 aliphatic carbocycles. The van der Waals surface area contributed by atoms with Gasteiger partial charge < -0.3 is 28.7 Å². The molecule has 0 bridgehead atoms. The van der Waals surface area contributed by atoms with E-state index in [1.807, 2.05) is 0 Å². The number of esters is 2. The van der Waals surface area contributed by atoms with Gasteiger partial charge in [0, 0.05) is 34.8 Å². The van der Waals surface area contributed by atoms with Crippen molar-refractivity contribution in [1.82, 2.24) is 4.57 Å². The van der Waals surface area contributed by atoms with Crippen molar-refractivity contribution in [3.8, 4) is 11.5 Å². The molecule has 0 radical (unpaired) electrons. The van der Waals surface area contributed by atoms with Crippen LogP contribution in [0.1, 0.15) is 50.8 Å². The Morgan fingerprint density at radius 1 is 1.04 bits per heavy atom. The second kappa shape index (κ2) is 15.5. The van der Waals surface area contributed by atoms with Gasteiger partial charge in [-0.05, 0) is 81.5 Å². The van der Waals surface area contributed by atoms with E-state index in [2.05, 4.69) is 9.46 Å². The Kier molecular flexibility index (Phi) is 11.5. The maximum absolute atomic E-state index is 13.5. The number of aromatic nitrogens is 2. The molecule has 2 aromatic heterocycles. The third-order valence-electron chi connectivity index (χ3n) is 7.52. The van der Waals surface area contributed by atoms with Crippen molar-refractivity contribution >= 4 is 61.8 Å². The summed E-state index contributed by atoms with van der Waals surface area (Å²) in [5.41, 5.74) is 0.589. The largest absolute Gasteiger partial charge is 0.619 e. The lowest BCUT2D eigenvalue weighted by Crippen LogP contribution is -2.30. The molecule has 1 aliphatic rings. The summed E-state index contributed by atoms with van der Waals surface area (Å²) in [6.45, 7) is 1.80. The molecule has 5 rings (SSSR count). The number of carbonyl (C=O) groups is 2. The topological polar surface area (TPSA) is 149 Å². The number of nitrogens with zero attached hydrogens (tertiary/aromatic N) is 2. The van der Waals surface area contributed by atoms with E-state index in [-0.39, 0.29) is 40.2 Å². The molecule has 0 saturated heterocycles. The number of carbonyl (C=O) groups excluding carboxylic acids is 2. The van der Waals surface area contributed by atoms with Crippen LogP contribution in [0.2, 0.25) is 10.0 Å². The van der Waals surface area contributed by atoms with Gasteiger partial charge in [0.15, 0.2) is 29.6 Å². The molecule has 12 nitrogen and oxygen atoms in total. The molecule has 2 heterocycles. The van der Waals surface area contributed by atoms with Crippen LogP contribution in [-0.2, 0) is 42.1 Å². The summed E-state index contributed by atoms with van der Waals surface area (Å²) < 4.78 is 77.4. The van der Waals surface area contributed by atoms with Gasteiger partial charge in [-0.3, -0.25) is 14.3 Å². The monoisotopic (exact) mass is 769 g/mol. The van der Waals surface area contributed by atoms with Gasteiger partial charge in [-0.1, -0.05) is 29.3 Å². The van der Waals surface area contributed by atoms with Crippen LogP contribution in [0.5, 0.6) is 11.5 Å². The Morgan fingerprint density at radius 2 is 1.75 bits per heavy atom. The molecular weight excluding hydrogens is 735 g/mol. The molecular formula is C34H35Cl2F2N3O9S. The van der Waals surface area contributed by atoms with Crippen molar-refractivity contribution in [1.29, 1.82) is 0 Å². The van der Waals surface area contributed by atoms with E-state index in [9.17, 15) is 32.0 Å². The fourth-order valence-corrected chi connectivity index (χ4v) is 6.67. The van der Waals surface area contributed by atoms with Crippen molar-refractivity contribution in [2.24, 2.45) is 5.92 Å². The second-order valence-electron chi connectivity index (χ2n) is 13.0. The van der Waals surface area contributed by atoms with Gasteiger partial charge >= 0.3 is 18.6 Å². The summed E-state index contributed by atoms with van der Waals surface area (Å²) in [6.07, 6.45) is 4.57. The summed E-state index contributed by atoms with van der Waals surface area (Å²) in [6, 6.07) is 10.5. The van der Waals surface area contributed by atoms with Gasteiger partial charge in [-0.15, -0.1) is 0 Å². The van der Waals surface area contributed by atoms with Gasteiger partial charge in [-0.25, -0.2) is 8.42 Å². The standard InChI is InChI=1S/C34H35Cl2F2N3O9S/c1-34(2,3)50-32(43)19-51(45,46)39-23-7-8-27-21(12-23)10-11-40(27)17-31(42)48-29(14-24-25(35)15-41(44)16-26(24)36)22-6-9-28(49-33(37)38)30(13-22)47-18-20-4-5-20/h6-13,15-16,20,29,33,39H,4-5,14,17-19H2,1-3H3/t29-/m0/s1. The Hall–Kier alpha value is -4.34. The highest BCUT2D eigenvalue weighted by Gasteiger charge is 2.27. The molecule has 1 atom stereocenters. The van der Waals surface area contributed by atoms with Crippen LogP contribution < -0.4 is 18.9 Å². The van der Waals surface area contributed by atoms with Gasteiger partial charge in [-0.2, -0.15) is 13.5 Å². The van der Waals surface area contributed by atoms with E-state index in [1.54, 1.807) is 49.7 Å². The Morgan fingerprint density at radius 3 is 2.39 bits per heavy atom. The first-order valence-corrected chi connectivity index (χ1v) is 18.1. The smallest absolute Gasteiger partial charge is 0.387 e. The van der Waals surface area contributed by atoms with Crippen LogP contribution in [0.3, 0.4) is 0 Å². The van der Waals surface area contributed by atoms with E-state index >= 15 is 0 Å². The highest BCUT2D eigenvalue weighted by Crippen LogP contribution is 2.38.